The molecule has 7 nitrogen and oxygen atoms in total. The lowest BCUT2D eigenvalue weighted by molar-refractivity contribution is -0.132. The summed E-state index contributed by atoms with van der Waals surface area (Å²) in [6.07, 6.45) is 6.70. The molecule has 2 aliphatic carbocycles. The number of fused-ring (bicyclic) bond motifs is 1. The highest BCUT2D eigenvalue weighted by Crippen LogP contribution is 2.52. The first-order chi connectivity index (χ1) is 17.5. The summed E-state index contributed by atoms with van der Waals surface area (Å²) in [6, 6.07) is 6.93. The number of amides is 2. The highest BCUT2D eigenvalue weighted by atomic mass is 35.5. The van der Waals surface area contributed by atoms with Crippen LogP contribution in [0.3, 0.4) is 0 Å². The Labute approximate surface area is 225 Å². The van der Waals surface area contributed by atoms with Crippen molar-refractivity contribution < 1.29 is 23.8 Å². The standard InChI is InChI=1S/C29H39ClN2O5/c1-19(2)16-31-26(33)28(4,5)21-10-11-29(17-36-18-35-6)22(14-21)12-20(3)13-25(29)37-27(34)32-24-9-7-8-23(30)15-24/h7-12,15,21-22,25H,1,13-14,16-18H2,2-6H3,(H,31,33)(H,32,34). The number of halogens is 1. The van der Waals surface area contributed by atoms with Crippen molar-refractivity contribution >= 4 is 29.3 Å². The van der Waals surface area contributed by atoms with Gasteiger partial charge < -0.3 is 19.5 Å². The highest BCUT2D eigenvalue weighted by molar-refractivity contribution is 6.30. The highest BCUT2D eigenvalue weighted by Gasteiger charge is 2.52. The molecule has 1 aromatic rings. The van der Waals surface area contributed by atoms with E-state index in [-0.39, 0.29) is 24.5 Å². The monoisotopic (exact) mass is 530 g/mol. The van der Waals surface area contributed by atoms with Gasteiger partial charge in [0.15, 0.2) is 0 Å². The van der Waals surface area contributed by atoms with Gasteiger partial charge in [0.2, 0.25) is 5.91 Å². The van der Waals surface area contributed by atoms with Crippen LogP contribution in [0.4, 0.5) is 10.5 Å². The molecular weight excluding hydrogens is 492 g/mol. The molecule has 0 aliphatic heterocycles. The fourth-order valence-electron chi connectivity index (χ4n) is 5.16. The molecule has 37 heavy (non-hydrogen) atoms. The maximum Gasteiger partial charge on any atom is 0.411 e. The van der Waals surface area contributed by atoms with E-state index in [1.165, 1.54) is 0 Å². The maximum absolute atomic E-state index is 13.1. The molecule has 0 saturated heterocycles. The van der Waals surface area contributed by atoms with Gasteiger partial charge in [-0.3, -0.25) is 10.1 Å². The number of methoxy groups -OCH3 is 1. The Morgan fingerprint density at radius 3 is 2.73 bits per heavy atom. The van der Waals surface area contributed by atoms with Gasteiger partial charge in [0.05, 0.1) is 12.0 Å². The number of hydrogen-bond donors (Lipinski definition) is 2. The van der Waals surface area contributed by atoms with E-state index in [4.69, 9.17) is 25.8 Å². The minimum atomic E-state index is -0.634. The Bertz CT molecular complexity index is 1070. The summed E-state index contributed by atoms with van der Waals surface area (Å²) in [5.41, 5.74) is 1.37. The summed E-state index contributed by atoms with van der Waals surface area (Å²) in [5, 5.41) is 6.30. The Kier molecular flexibility index (Phi) is 9.62. The third-order valence-corrected chi connectivity index (χ3v) is 7.60. The van der Waals surface area contributed by atoms with Gasteiger partial charge in [-0.2, -0.15) is 0 Å². The molecule has 0 bridgehead atoms. The number of allylic oxidation sites excluding steroid dienone is 2. The van der Waals surface area contributed by atoms with E-state index in [9.17, 15) is 9.59 Å². The molecule has 0 heterocycles. The summed E-state index contributed by atoms with van der Waals surface area (Å²) in [7, 11) is 1.57. The maximum atomic E-state index is 13.1. The van der Waals surface area contributed by atoms with Crippen LogP contribution < -0.4 is 10.6 Å². The van der Waals surface area contributed by atoms with Gasteiger partial charge in [0, 0.05) is 36.2 Å². The quantitative estimate of drug-likeness (QED) is 0.216. The van der Waals surface area contributed by atoms with Crippen LogP contribution in [0.1, 0.15) is 40.5 Å². The number of ether oxygens (including phenoxy) is 3. The van der Waals surface area contributed by atoms with Crippen LogP contribution in [0.5, 0.6) is 0 Å². The Balaban J connectivity index is 1.87. The fraction of sp³-hybridized carbons (Fsp3) is 0.517. The van der Waals surface area contributed by atoms with Gasteiger partial charge in [-0.05, 0) is 50.3 Å². The first-order valence-corrected chi connectivity index (χ1v) is 12.9. The van der Waals surface area contributed by atoms with Crippen LogP contribution >= 0.6 is 11.6 Å². The third-order valence-electron chi connectivity index (χ3n) is 7.37. The van der Waals surface area contributed by atoms with Crippen molar-refractivity contribution in [2.45, 2.75) is 46.6 Å². The van der Waals surface area contributed by atoms with Crippen molar-refractivity contribution in [3.63, 3.8) is 0 Å². The molecule has 2 amide bonds. The number of carbonyl (C=O) groups is 2. The zero-order valence-corrected chi connectivity index (χ0v) is 23.2. The van der Waals surface area contributed by atoms with E-state index >= 15 is 0 Å². The van der Waals surface area contributed by atoms with Crippen molar-refractivity contribution in [3.8, 4) is 0 Å². The minimum absolute atomic E-state index is 0.00490. The summed E-state index contributed by atoms with van der Waals surface area (Å²) in [4.78, 5) is 26.0. The second kappa shape index (κ2) is 12.3. The Morgan fingerprint density at radius 1 is 1.30 bits per heavy atom. The summed E-state index contributed by atoms with van der Waals surface area (Å²) in [5.74, 6) is -0.0231. The number of nitrogens with one attached hydrogen (secondary N) is 2. The van der Waals surface area contributed by atoms with Crippen molar-refractivity contribution in [1.29, 1.82) is 0 Å². The SMILES string of the molecule is C=C(C)CNC(=O)C(C)(C)C1C=CC2(COCOC)C(C=C(C)CC2OC(=O)Nc2cccc(Cl)c2)C1. The van der Waals surface area contributed by atoms with Gasteiger partial charge in [0.1, 0.15) is 12.9 Å². The van der Waals surface area contributed by atoms with Gasteiger partial charge in [-0.1, -0.05) is 67.5 Å². The average molecular weight is 531 g/mol. The van der Waals surface area contributed by atoms with Crippen molar-refractivity contribution in [2.75, 3.05) is 32.4 Å². The second-order valence-corrected chi connectivity index (χ2v) is 11.2. The van der Waals surface area contributed by atoms with Gasteiger partial charge >= 0.3 is 6.09 Å². The number of anilines is 1. The lowest BCUT2D eigenvalue weighted by Gasteiger charge is -2.50. The molecule has 4 unspecified atom stereocenters. The number of benzene rings is 1. The van der Waals surface area contributed by atoms with Crippen LogP contribution in [0.15, 0.2) is 60.2 Å². The molecule has 0 radical (unpaired) electrons. The molecule has 0 aromatic heterocycles. The molecule has 1 aromatic carbocycles. The normalized spacial score (nSPS) is 25.0. The van der Waals surface area contributed by atoms with E-state index in [1.54, 1.807) is 31.4 Å². The molecule has 0 spiro atoms. The summed E-state index contributed by atoms with van der Waals surface area (Å²) in [6.45, 7) is 12.6. The van der Waals surface area contributed by atoms with E-state index < -0.39 is 23.0 Å². The zero-order chi connectivity index (χ0) is 27.2. The molecule has 2 aliphatic rings. The van der Waals surface area contributed by atoms with Crippen LogP contribution in [0, 0.1) is 22.7 Å². The van der Waals surface area contributed by atoms with Crippen LogP contribution in [0.2, 0.25) is 5.02 Å². The topological polar surface area (TPSA) is 85.9 Å². The third kappa shape index (κ3) is 7.03. The van der Waals surface area contributed by atoms with Gasteiger partial charge in [-0.25, -0.2) is 4.79 Å². The first-order valence-electron chi connectivity index (χ1n) is 12.6. The van der Waals surface area contributed by atoms with Gasteiger partial charge in [0.25, 0.3) is 0 Å². The zero-order valence-electron chi connectivity index (χ0n) is 22.4. The molecule has 3 rings (SSSR count). The Hall–Kier alpha value is -2.61. The molecule has 0 saturated carbocycles. The predicted octanol–water partition coefficient (Wildman–Crippen LogP) is 6.12. The summed E-state index contributed by atoms with van der Waals surface area (Å²) < 4.78 is 17.1. The van der Waals surface area contributed by atoms with Crippen LogP contribution in [0.25, 0.3) is 0 Å². The van der Waals surface area contributed by atoms with Crippen LogP contribution in [-0.4, -0.2) is 45.2 Å². The molecule has 8 heteroatoms. The number of rotatable bonds is 10. The minimum Gasteiger partial charge on any atom is -0.445 e. The van der Waals surface area contributed by atoms with Crippen molar-refractivity contribution in [2.24, 2.45) is 22.7 Å². The number of hydrogen-bond acceptors (Lipinski definition) is 5. The molecule has 202 valence electrons. The fourth-order valence-corrected chi connectivity index (χ4v) is 5.35. The van der Waals surface area contributed by atoms with Crippen LogP contribution in [-0.2, 0) is 19.0 Å². The lowest BCUT2D eigenvalue weighted by atomic mass is 9.57. The van der Waals surface area contributed by atoms with E-state index in [2.05, 4.69) is 35.4 Å². The second-order valence-electron chi connectivity index (χ2n) is 10.8. The Morgan fingerprint density at radius 2 is 2.05 bits per heavy atom. The number of carbonyl (C=O) groups excluding carboxylic acids is 2. The predicted molar refractivity (Wildman–Crippen MR) is 146 cm³/mol. The van der Waals surface area contributed by atoms with Gasteiger partial charge in [-0.15, -0.1) is 0 Å². The molecule has 0 fully saturated rings. The molecular formula is C29H39ClN2O5. The molecule has 2 N–H and O–H groups in total. The molecule has 4 atom stereocenters. The van der Waals surface area contributed by atoms with E-state index in [0.717, 1.165) is 11.1 Å². The van der Waals surface area contributed by atoms with Crippen molar-refractivity contribution in [3.05, 3.63) is 65.2 Å². The summed E-state index contributed by atoms with van der Waals surface area (Å²) >= 11 is 6.06. The lowest BCUT2D eigenvalue weighted by Crippen LogP contribution is -2.52. The largest absolute Gasteiger partial charge is 0.445 e. The first kappa shape index (κ1) is 29.0. The average Bonchev–Trinajstić information content (AvgIpc) is 2.82. The van der Waals surface area contributed by atoms with E-state index in [1.807, 2.05) is 27.7 Å². The van der Waals surface area contributed by atoms with Crippen molar-refractivity contribution in [1.82, 2.24) is 5.32 Å². The van der Waals surface area contributed by atoms with E-state index in [0.29, 0.717) is 36.7 Å². The smallest absolute Gasteiger partial charge is 0.411 e.